The van der Waals surface area contributed by atoms with Gasteiger partial charge in [0.1, 0.15) is 22.7 Å². The minimum absolute atomic E-state index is 0.370. The van der Waals surface area contributed by atoms with Gasteiger partial charge in [-0.25, -0.2) is 4.39 Å². The molecule has 20 rings (SSSR count). The van der Waals surface area contributed by atoms with E-state index in [1.807, 2.05) is 73.8 Å². The molecule has 0 fully saturated rings. The van der Waals surface area contributed by atoms with E-state index in [1.165, 1.54) is 0 Å². The van der Waals surface area contributed by atoms with Gasteiger partial charge >= 0.3 is 0 Å². The number of nitrogens with zero attached hydrogens (tertiary/aromatic N) is 9. The van der Waals surface area contributed by atoms with Gasteiger partial charge in [0.05, 0.1) is 60.9 Å². The topological polar surface area (TPSA) is 76.2 Å². The summed E-state index contributed by atoms with van der Waals surface area (Å²) in [5.74, 6) is -0.426. The molecule has 0 aliphatic carbocycles. The van der Waals surface area contributed by atoms with Crippen LogP contribution in [-0.4, -0.2) is 42.8 Å². The Bertz CT molecular complexity index is 5890. The normalized spacial score (nSPS) is 12.0. The standard InChI is InChI=1S/C86H52FN9/c87-81-82(92-71-27-7-1-21-61(71)62-22-2-8-28-72(62)92)84(95-77-37-33-53(57-17-13-41-88-49-57)45-67(77)68-46-54(34-38-78(68)95)58-18-14-42-89-50-58)86(94-75-31-11-5-25-65(75)66-26-6-12-32-76(66)94)85(83(81)93-73-29-9-3-23-63(73)64-24-4-10-30-74(64)93)96-79-39-35-55(59-19-15-43-90-51-59)47-69(79)70-48-56(36-40-80(70)96)60-20-16-44-91-52-60/h1-52H. The van der Waals surface area contributed by atoms with E-state index in [0.29, 0.717) is 22.7 Å². The first kappa shape index (κ1) is 53.6. The van der Waals surface area contributed by atoms with Crippen molar-refractivity contribution in [3.63, 3.8) is 0 Å². The number of hydrogen-bond acceptors (Lipinski definition) is 4. The monoisotopic (exact) mass is 1230 g/mol. The van der Waals surface area contributed by atoms with Crippen molar-refractivity contribution in [2.75, 3.05) is 0 Å². The van der Waals surface area contributed by atoms with E-state index in [0.717, 1.165) is 159 Å². The van der Waals surface area contributed by atoms with Gasteiger partial charge in [-0.3, -0.25) is 19.9 Å². The van der Waals surface area contributed by atoms with Crippen molar-refractivity contribution in [3.05, 3.63) is 322 Å². The van der Waals surface area contributed by atoms with Crippen LogP contribution in [0, 0.1) is 5.82 Å². The van der Waals surface area contributed by atoms with Crippen molar-refractivity contribution in [1.82, 2.24) is 42.8 Å². The van der Waals surface area contributed by atoms with Crippen LogP contribution in [0.3, 0.4) is 0 Å². The summed E-state index contributed by atoms with van der Waals surface area (Å²) in [6.45, 7) is 0. The molecule has 11 aromatic carbocycles. The first-order valence-corrected chi connectivity index (χ1v) is 32.3. The lowest BCUT2D eigenvalue weighted by molar-refractivity contribution is 0.611. The van der Waals surface area contributed by atoms with E-state index in [-0.39, 0.29) is 0 Å². The second kappa shape index (κ2) is 21.0. The van der Waals surface area contributed by atoms with Crippen LogP contribution < -0.4 is 0 Å². The summed E-state index contributed by atoms with van der Waals surface area (Å²) < 4.78 is 33.7. The maximum Gasteiger partial charge on any atom is 0.175 e. The Balaban J connectivity index is 1.09. The van der Waals surface area contributed by atoms with Crippen molar-refractivity contribution < 1.29 is 4.39 Å². The average Bonchev–Trinajstić information content (AvgIpc) is 1.46. The molecule has 0 saturated heterocycles. The molecule has 10 heteroatoms. The van der Waals surface area contributed by atoms with E-state index in [2.05, 4.69) is 285 Å². The fourth-order valence-electron chi connectivity index (χ4n) is 15.6. The van der Waals surface area contributed by atoms with Crippen LogP contribution in [0.4, 0.5) is 4.39 Å². The lowest BCUT2D eigenvalue weighted by atomic mass is 10.0. The summed E-state index contributed by atoms with van der Waals surface area (Å²) >= 11 is 0. The highest BCUT2D eigenvalue weighted by Crippen LogP contribution is 2.52. The molecular weight excluding hydrogens is 1180 g/mol. The quantitative estimate of drug-likeness (QED) is 0.144. The molecule has 0 aliphatic rings. The van der Waals surface area contributed by atoms with Crippen LogP contribution in [0.15, 0.2) is 316 Å². The fourth-order valence-corrected chi connectivity index (χ4v) is 15.6. The second-order valence-corrected chi connectivity index (χ2v) is 24.7. The van der Waals surface area contributed by atoms with Gasteiger partial charge < -0.3 is 22.8 Å². The molecule has 96 heavy (non-hydrogen) atoms. The van der Waals surface area contributed by atoms with Gasteiger partial charge in [0.15, 0.2) is 5.82 Å². The number of halogens is 1. The predicted octanol–water partition coefficient (Wildman–Crippen LogP) is 21.6. The SMILES string of the molecule is Fc1c(-n2c3ccccc3c3ccccc32)c(-n2c3ccc(-c4cccnc4)cc3c3cc(-c4cccnc4)ccc32)c(-n2c3ccccc3c3ccccc32)c(-n2c3ccc(-c4cccnc4)cc3c3cc(-c4cccnc4)ccc32)c1-n1c2ccccc2c2ccccc21. The van der Waals surface area contributed by atoms with Crippen molar-refractivity contribution in [2.24, 2.45) is 0 Å². The van der Waals surface area contributed by atoms with Gasteiger partial charge in [-0.1, -0.05) is 158 Å². The molecule has 9 aromatic heterocycles. The Morgan fingerprint density at radius 2 is 0.396 bits per heavy atom. The number of pyridine rings is 4. The number of hydrogen-bond donors (Lipinski definition) is 0. The minimum atomic E-state index is -0.426. The Morgan fingerprint density at radius 3 is 0.625 bits per heavy atom. The van der Waals surface area contributed by atoms with E-state index in [9.17, 15) is 0 Å². The van der Waals surface area contributed by atoms with Crippen molar-refractivity contribution in [1.29, 1.82) is 0 Å². The van der Waals surface area contributed by atoms with Crippen LogP contribution >= 0.6 is 0 Å². The third-order valence-corrected chi connectivity index (χ3v) is 19.7. The molecule has 448 valence electrons. The molecule has 9 nitrogen and oxygen atoms in total. The van der Waals surface area contributed by atoms with Crippen molar-refractivity contribution >= 4 is 109 Å². The van der Waals surface area contributed by atoms with E-state index >= 15 is 4.39 Å². The average molecular weight is 1230 g/mol. The Hall–Kier alpha value is -13.1. The van der Waals surface area contributed by atoms with E-state index in [1.54, 1.807) is 0 Å². The number of para-hydroxylation sites is 6. The van der Waals surface area contributed by atoms with Gasteiger partial charge in [0, 0.05) is 126 Å². The third kappa shape index (κ3) is 7.84. The van der Waals surface area contributed by atoms with Crippen molar-refractivity contribution in [3.8, 4) is 72.9 Å². The molecule has 0 aliphatic heterocycles. The lowest BCUT2D eigenvalue weighted by Crippen LogP contribution is -2.19. The largest absolute Gasteiger partial charge is 0.305 e. The maximum atomic E-state index is 22.1. The number of benzene rings is 11. The van der Waals surface area contributed by atoms with Crippen LogP contribution in [0.25, 0.3) is 182 Å². The number of rotatable bonds is 9. The Labute approximate surface area is 548 Å². The third-order valence-electron chi connectivity index (χ3n) is 19.7. The Kier molecular flexibility index (Phi) is 11.7. The molecule has 0 bridgehead atoms. The molecule has 0 saturated carbocycles. The maximum absolute atomic E-state index is 22.1. The smallest absolute Gasteiger partial charge is 0.175 e. The molecule has 0 N–H and O–H groups in total. The molecule has 0 unspecified atom stereocenters. The predicted molar refractivity (Wildman–Crippen MR) is 391 cm³/mol. The van der Waals surface area contributed by atoms with Crippen molar-refractivity contribution in [2.45, 2.75) is 0 Å². The van der Waals surface area contributed by atoms with Gasteiger partial charge in [0.2, 0.25) is 0 Å². The Morgan fingerprint density at radius 1 is 0.188 bits per heavy atom. The first-order valence-electron chi connectivity index (χ1n) is 32.3. The molecule has 0 radical (unpaired) electrons. The van der Waals surface area contributed by atoms with E-state index < -0.39 is 5.82 Å². The van der Waals surface area contributed by atoms with Gasteiger partial charge in [0.25, 0.3) is 0 Å². The summed E-state index contributed by atoms with van der Waals surface area (Å²) in [6, 6.07) is 94.4. The molecule has 0 amide bonds. The summed E-state index contributed by atoms with van der Waals surface area (Å²) in [4.78, 5) is 18.5. The van der Waals surface area contributed by atoms with Gasteiger partial charge in [-0.05, 0) is 131 Å². The fraction of sp³-hybridized carbons (Fsp3) is 0. The molecule has 0 spiro atoms. The van der Waals surface area contributed by atoms with Gasteiger partial charge in [-0.2, -0.15) is 0 Å². The highest BCUT2D eigenvalue weighted by atomic mass is 19.1. The molecule has 20 aromatic rings. The highest BCUT2D eigenvalue weighted by Gasteiger charge is 2.37. The highest BCUT2D eigenvalue weighted by molar-refractivity contribution is 6.19. The zero-order chi connectivity index (χ0) is 63.1. The van der Waals surface area contributed by atoms with Gasteiger partial charge in [-0.15, -0.1) is 0 Å². The van der Waals surface area contributed by atoms with Crippen LogP contribution in [-0.2, 0) is 0 Å². The summed E-state index contributed by atoms with van der Waals surface area (Å²) in [5, 5.41) is 10.0. The first-order chi connectivity index (χ1) is 47.6. The number of fused-ring (bicyclic) bond motifs is 15. The molecule has 0 atom stereocenters. The number of aromatic nitrogens is 9. The zero-order valence-electron chi connectivity index (χ0n) is 51.4. The minimum Gasteiger partial charge on any atom is -0.305 e. The van der Waals surface area contributed by atoms with Crippen LogP contribution in [0.1, 0.15) is 0 Å². The van der Waals surface area contributed by atoms with Crippen LogP contribution in [0.5, 0.6) is 0 Å². The lowest BCUT2D eigenvalue weighted by Gasteiger charge is -2.29. The summed E-state index contributed by atoms with van der Waals surface area (Å²) in [6.07, 6.45) is 14.9. The second-order valence-electron chi connectivity index (χ2n) is 24.7. The molecular formula is C86H52FN9. The summed E-state index contributed by atoms with van der Waals surface area (Å²) in [5.41, 5.74) is 19.5. The van der Waals surface area contributed by atoms with E-state index in [4.69, 9.17) is 0 Å². The zero-order valence-corrected chi connectivity index (χ0v) is 51.4. The summed E-state index contributed by atoms with van der Waals surface area (Å²) in [7, 11) is 0. The van der Waals surface area contributed by atoms with Crippen LogP contribution in [0.2, 0.25) is 0 Å². The molecule has 9 heterocycles.